The number of rotatable bonds is 6. The second-order valence-electron chi connectivity index (χ2n) is 4.44. The number of hydrogen-bond donors (Lipinski definition) is 1. The number of aryl methyl sites for hydroxylation is 1. The van der Waals surface area contributed by atoms with Gasteiger partial charge in [0.25, 0.3) is 0 Å². The molecule has 106 valence electrons. The van der Waals surface area contributed by atoms with Gasteiger partial charge in [0.05, 0.1) is 0 Å². The molecule has 0 saturated carbocycles. The fourth-order valence-electron chi connectivity index (χ4n) is 1.98. The van der Waals surface area contributed by atoms with Crippen LogP contribution in [0.5, 0.6) is 11.6 Å². The van der Waals surface area contributed by atoms with E-state index in [1.165, 1.54) is 5.56 Å². The van der Waals surface area contributed by atoms with Gasteiger partial charge in [-0.1, -0.05) is 19.1 Å². The first kappa shape index (κ1) is 14.9. The first-order chi connectivity index (χ1) is 9.76. The lowest BCUT2D eigenvalue weighted by atomic mass is 10.2. The normalized spacial score (nSPS) is 10.6. The Morgan fingerprint density at radius 3 is 2.75 bits per heavy atom. The molecule has 20 heavy (non-hydrogen) atoms. The quantitative estimate of drug-likeness (QED) is 0.818. The van der Waals surface area contributed by atoms with Gasteiger partial charge in [0.1, 0.15) is 5.75 Å². The zero-order valence-electron chi connectivity index (χ0n) is 12.1. The molecule has 3 nitrogen and oxygen atoms in total. The lowest BCUT2D eigenvalue weighted by molar-refractivity contribution is 0.449. The molecule has 0 aliphatic rings. The summed E-state index contributed by atoms with van der Waals surface area (Å²) in [6.45, 7) is 2.92. The van der Waals surface area contributed by atoms with Crippen molar-refractivity contribution in [3.8, 4) is 11.6 Å². The summed E-state index contributed by atoms with van der Waals surface area (Å²) in [5.74, 6) is 1.52. The minimum atomic E-state index is 0.663. The molecule has 0 unspecified atom stereocenters. The van der Waals surface area contributed by atoms with Gasteiger partial charge in [-0.25, -0.2) is 4.98 Å². The number of nitrogens with one attached hydrogen (secondary N) is 1. The number of benzene rings is 1. The fourth-order valence-corrected chi connectivity index (χ4v) is 2.50. The number of pyridine rings is 1. The molecule has 0 fully saturated rings. The predicted molar refractivity (Wildman–Crippen MR) is 84.7 cm³/mol. The maximum absolute atomic E-state index is 5.97. The average Bonchev–Trinajstić information content (AvgIpc) is 2.48. The Morgan fingerprint density at radius 2 is 2.05 bits per heavy atom. The zero-order valence-corrected chi connectivity index (χ0v) is 13.0. The summed E-state index contributed by atoms with van der Waals surface area (Å²) in [7, 11) is 1.94. The van der Waals surface area contributed by atoms with E-state index in [2.05, 4.69) is 29.4 Å². The molecular formula is C16H20N2OS. The molecule has 2 rings (SSSR count). The van der Waals surface area contributed by atoms with Crippen LogP contribution in [-0.4, -0.2) is 18.3 Å². The van der Waals surface area contributed by atoms with Crippen molar-refractivity contribution in [3.63, 3.8) is 0 Å². The Bertz CT molecular complexity index is 572. The van der Waals surface area contributed by atoms with Crippen molar-refractivity contribution >= 4 is 11.8 Å². The number of thioether (sulfide) groups is 1. The van der Waals surface area contributed by atoms with E-state index in [1.54, 1.807) is 11.8 Å². The fraction of sp³-hybridized carbons (Fsp3) is 0.312. The van der Waals surface area contributed by atoms with Gasteiger partial charge < -0.3 is 10.1 Å². The van der Waals surface area contributed by atoms with Crippen molar-refractivity contribution in [3.05, 3.63) is 47.7 Å². The van der Waals surface area contributed by atoms with E-state index in [0.29, 0.717) is 5.88 Å². The van der Waals surface area contributed by atoms with Crippen molar-refractivity contribution in [2.75, 3.05) is 13.3 Å². The lowest BCUT2D eigenvalue weighted by Gasteiger charge is -2.11. The molecule has 0 aliphatic carbocycles. The van der Waals surface area contributed by atoms with Gasteiger partial charge in [-0.2, -0.15) is 0 Å². The van der Waals surface area contributed by atoms with Gasteiger partial charge in [0.2, 0.25) is 5.88 Å². The smallest absolute Gasteiger partial charge is 0.219 e. The molecule has 1 aromatic heterocycles. The standard InChI is InChI=1S/C16H20N2OS/c1-4-13-9-12(11-17-2)10-16(18-13)19-14-7-5-6-8-15(14)20-3/h5-10,17H,4,11H2,1-3H3. The summed E-state index contributed by atoms with van der Waals surface area (Å²) in [4.78, 5) is 5.66. The summed E-state index contributed by atoms with van der Waals surface area (Å²) in [5, 5.41) is 3.16. The average molecular weight is 288 g/mol. The Labute approximate surface area is 124 Å². The molecule has 2 aromatic rings. The van der Waals surface area contributed by atoms with Crippen molar-refractivity contribution in [1.82, 2.24) is 10.3 Å². The van der Waals surface area contributed by atoms with E-state index in [9.17, 15) is 0 Å². The van der Waals surface area contributed by atoms with Crippen LogP contribution in [0.15, 0.2) is 41.3 Å². The van der Waals surface area contributed by atoms with Crippen LogP contribution in [-0.2, 0) is 13.0 Å². The Kier molecular flexibility index (Phi) is 5.44. The van der Waals surface area contributed by atoms with Crippen molar-refractivity contribution in [2.45, 2.75) is 24.8 Å². The molecule has 0 saturated heterocycles. The number of para-hydroxylation sites is 1. The van der Waals surface area contributed by atoms with Gasteiger partial charge in [0.15, 0.2) is 0 Å². The van der Waals surface area contributed by atoms with E-state index in [-0.39, 0.29) is 0 Å². The van der Waals surface area contributed by atoms with E-state index >= 15 is 0 Å². The second-order valence-corrected chi connectivity index (χ2v) is 5.29. The van der Waals surface area contributed by atoms with E-state index in [0.717, 1.165) is 29.3 Å². The summed E-state index contributed by atoms with van der Waals surface area (Å²) >= 11 is 1.67. The summed E-state index contributed by atoms with van der Waals surface area (Å²) < 4.78 is 5.97. The van der Waals surface area contributed by atoms with Crippen LogP contribution >= 0.6 is 11.8 Å². The van der Waals surface area contributed by atoms with Crippen LogP contribution in [0.3, 0.4) is 0 Å². The van der Waals surface area contributed by atoms with Gasteiger partial charge in [0, 0.05) is 23.2 Å². The Morgan fingerprint density at radius 1 is 1.25 bits per heavy atom. The largest absolute Gasteiger partial charge is 0.438 e. The third-order valence-corrected chi connectivity index (χ3v) is 3.72. The second kappa shape index (κ2) is 7.31. The summed E-state index contributed by atoms with van der Waals surface area (Å²) in [5.41, 5.74) is 2.24. The van der Waals surface area contributed by atoms with Crippen LogP contribution in [0.4, 0.5) is 0 Å². The molecule has 4 heteroatoms. The maximum atomic E-state index is 5.97. The van der Waals surface area contributed by atoms with E-state index in [1.807, 2.05) is 37.6 Å². The molecule has 0 radical (unpaired) electrons. The van der Waals surface area contributed by atoms with Crippen LogP contribution in [0.2, 0.25) is 0 Å². The number of nitrogens with zero attached hydrogens (tertiary/aromatic N) is 1. The van der Waals surface area contributed by atoms with Crippen molar-refractivity contribution < 1.29 is 4.74 Å². The lowest BCUT2D eigenvalue weighted by Crippen LogP contribution is -2.06. The monoisotopic (exact) mass is 288 g/mol. The molecule has 0 atom stereocenters. The molecule has 0 bridgehead atoms. The van der Waals surface area contributed by atoms with Gasteiger partial charge in [-0.15, -0.1) is 11.8 Å². The predicted octanol–water partition coefficient (Wildman–Crippen LogP) is 3.88. The van der Waals surface area contributed by atoms with Crippen molar-refractivity contribution in [1.29, 1.82) is 0 Å². The van der Waals surface area contributed by atoms with Crippen LogP contribution in [0, 0.1) is 0 Å². The third-order valence-electron chi connectivity index (χ3n) is 2.94. The molecule has 0 amide bonds. The van der Waals surface area contributed by atoms with Crippen LogP contribution < -0.4 is 10.1 Å². The molecule has 1 heterocycles. The highest BCUT2D eigenvalue weighted by molar-refractivity contribution is 7.98. The number of ether oxygens (including phenoxy) is 1. The molecule has 0 spiro atoms. The zero-order chi connectivity index (χ0) is 14.4. The Balaban J connectivity index is 2.30. The number of aromatic nitrogens is 1. The first-order valence-corrected chi connectivity index (χ1v) is 7.94. The molecule has 1 aromatic carbocycles. The highest BCUT2D eigenvalue weighted by Crippen LogP contribution is 2.30. The van der Waals surface area contributed by atoms with Crippen LogP contribution in [0.1, 0.15) is 18.2 Å². The maximum Gasteiger partial charge on any atom is 0.219 e. The number of hydrogen-bond acceptors (Lipinski definition) is 4. The molecular weight excluding hydrogens is 268 g/mol. The third kappa shape index (κ3) is 3.74. The SMILES string of the molecule is CCc1cc(CNC)cc(Oc2ccccc2SC)n1. The van der Waals surface area contributed by atoms with Crippen LogP contribution in [0.25, 0.3) is 0 Å². The minimum absolute atomic E-state index is 0.663. The van der Waals surface area contributed by atoms with Crippen molar-refractivity contribution in [2.24, 2.45) is 0 Å². The minimum Gasteiger partial charge on any atom is -0.438 e. The van der Waals surface area contributed by atoms with E-state index < -0.39 is 0 Å². The summed E-state index contributed by atoms with van der Waals surface area (Å²) in [6, 6.07) is 12.1. The van der Waals surface area contributed by atoms with Gasteiger partial charge >= 0.3 is 0 Å². The Hall–Kier alpha value is -1.52. The molecule has 0 aliphatic heterocycles. The highest BCUT2D eigenvalue weighted by Gasteiger charge is 2.07. The molecule has 1 N–H and O–H groups in total. The van der Waals surface area contributed by atoms with Gasteiger partial charge in [-0.3, -0.25) is 0 Å². The van der Waals surface area contributed by atoms with E-state index in [4.69, 9.17) is 4.74 Å². The summed E-state index contributed by atoms with van der Waals surface area (Å²) in [6.07, 6.45) is 2.95. The first-order valence-electron chi connectivity index (χ1n) is 6.72. The highest BCUT2D eigenvalue weighted by atomic mass is 32.2. The van der Waals surface area contributed by atoms with Gasteiger partial charge in [-0.05, 0) is 43.5 Å². The topological polar surface area (TPSA) is 34.1 Å².